The topological polar surface area (TPSA) is 35.6 Å². The second-order valence-electron chi connectivity index (χ2n) is 4.88. The van der Waals surface area contributed by atoms with Crippen LogP contribution in [0.3, 0.4) is 0 Å². The zero-order valence-corrected chi connectivity index (χ0v) is 13.5. The van der Waals surface area contributed by atoms with Crippen LogP contribution >= 0.6 is 11.8 Å². The molecule has 112 valence electrons. The lowest BCUT2D eigenvalue weighted by Gasteiger charge is -2.29. The molecule has 0 aromatic carbocycles. The van der Waals surface area contributed by atoms with Crippen molar-refractivity contribution < 1.29 is 4.79 Å². The van der Waals surface area contributed by atoms with Gasteiger partial charge in [-0.1, -0.05) is 13.8 Å². The van der Waals surface area contributed by atoms with Gasteiger partial charge in [0.2, 0.25) is 5.91 Å². The lowest BCUT2D eigenvalue weighted by molar-refractivity contribution is -0.132. The van der Waals surface area contributed by atoms with Crippen LogP contribution in [-0.2, 0) is 4.79 Å². The fraction of sp³-hybridized carbons (Fsp3) is 0.929. The van der Waals surface area contributed by atoms with Crippen molar-refractivity contribution in [1.82, 2.24) is 15.1 Å². The van der Waals surface area contributed by atoms with E-state index in [-0.39, 0.29) is 11.9 Å². The summed E-state index contributed by atoms with van der Waals surface area (Å²) in [5.41, 5.74) is 0. The van der Waals surface area contributed by atoms with Crippen LogP contribution in [0.1, 0.15) is 27.2 Å². The van der Waals surface area contributed by atoms with E-state index in [1.807, 2.05) is 16.7 Å². The molecule has 1 saturated heterocycles. The molecular weight excluding hydrogens is 258 g/mol. The lowest BCUT2D eigenvalue weighted by atomic mass is 10.2. The van der Waals surface area contributed by atoms with Gasteiger partial charge in [-0.25, -0.2) is 0 Å². The molecule has 1 aliphatic rings. The summed E-state index contributed by atoms with van der Waals surface area (Å²) in [5.74, 6) is 2.33. The molecule has 1 unspecified atom stereocenters. The number of carbonyl (C=O) groups excluding carboxylic acids is 1. The van der Waals surface area contributed by atoms with E-state index in [4.69, 9.17) is 0 Å². The fourth-order valence-corrected chi connectivity index (χ4v) is 3.32. The molecule has 4 nitrogen and oxygen atoms in total. The number of carbonyl (C=O) groups is 1. The number of thioether (sulfide) groups is 1. The monoisotopic (exact) mass is 287 g/mol. The Hall–Kier alpha value is -0.260. The first kappa shape index (κ1) is 16.8. The van der Waals surface area contributed by atoms with Gasteiger partial charge in [-0.3, -0.25) is 4.79 Å². The minimum atomic E-state index is 0.0344. The molecule has 5 heteroatoms. The van der Waals surface area contributed by atoms with Gasteiger partial charge >= 0.3 is 0 Å². The van der Waals surface area contributed by atoms with Gasteiger partial charge in [-0.2, -0.15) is 11.8 Å². The van der Waals surface area contributed by atoms with Crippen LogP contribution in [0.4, 0.5) is 0 Å². The van der Waals surface area contributed by atoms with Crippen LogP contribution < -0.4 is 5.32 Å². The summed E-state index contributed by atoms with van der Waals surface area (Å²) >= 11 is 1.88. The zero-order valence-electron chi connectivity index (χ0n) is 12.7. The molecule has 0 radical (unpaired) electrons. The lowest BCUT2D eigenvalue weighted by Crippen LogP contribution is -2.51. The van der Waals surface area contributed by atoms with E-state index in [9.17, 15) is 4.79 Å². The van der Waals surface area contributed by atoms with Gasteiger partial charge < -0.3 is 15.1 Å². The van der Waals surface area contributed by atoms with Crippen molar-refractivity contribution in [3.8, 4) is 0 Å². The van der Waals surface area contributed by atoms with E-state index >= 15 is 0 Å². The van der Waals surface area contributed by atoms with E-state index in [1.54, 1.807) is 0 Å². The molecule has 0 saturated carbocycles. The predicted octanol–water partition coefficient (Wildman–Crippen LogP) is 1.27. The van der Waals surface area contributed by atoms with Gasteiger partial charge in [-0.05, 0) is 33.0 Å². The Kier molecular flexibility index (Phi) is 8.50. The molecule has 1 fully saturated rings. The van der Waals surface area contributed by atoms with Crippen LogP contribution in [-0.4, -0.2) is 72.5 Å². The van der Waals surface area contributed by atoms with E-state index in [0.717, 1.165) is 57.2 Å². The van der Waals surface area contributed by atoms with E-state index in [0.29, 0.717) is 0 Å². The number of nitrogens with one attached hydrogen (secondary N) is 1. The first-order chi connectivity index (χ1) is 9.22. The number of likely N-dealkylation sites (N-methyl/N-ethyl adjacent to an activating group) is 1. The minimum absolute atomic E-state index is 0.0344. The Bertz CT molecular complexity index is 253. The van der Waals surface area contributed by atoms with Crippen LogP contribution in [0.15, 0.2) is 0 Å². The highest BCUT2D eigenvalue weighted by Gasteiger charge is 2.24. The van der Waals surface area contributed by atoms with Crippen molar-refractivity contribution in [2.45, 2.75) is 33.2 Å². The third-order valence-corrected chi connectivity index (χ3v) is 4.77. The molecule has 1 N–H and O–H groups in total. The molecule has 19 heavy (non-hydrogen) atoms. The molecule has 1 heterocycles. The highest BCUT2D eigenvalue weighted by atomic mass is 32.2. The smallest absolute Gasteiger partial charge is 0.240 e. The summed E-state index contributed by atoms with van der Waals surface area (Å²) in [7, 11) is 0. The SMILES string of the molecule is CCN(CC)CCCN(CC)C(=O)C1CSCCN1. The third kappa shape index (κ3) is 5.71. The number of hydrogen-bond donors (Lipinski definition) is 1. The molecule has 0 spiro atoms. The third-order valence-electron chi connectivity index (χ3n) is 3.71. The highest BCUT2D eigenvalue weighted by molar-refractivity contribution is 7.99. The maximum absolute atomic E-state index is 12.4. The predicted molar refractivity (Wildman–Crippen MR) is 83.8 cm³/mol. The van der Waals surface area contributed by atoms with E-state index in [1.165, 1.54) is 0 Å². The summed E-state index contributed by atoms with van der Waals surface area (Å²) in [6, 6.07) is 0.0344. The Morgan fingerprint density at radius 2 is 1.95 bits per heavy atom. The van der Waals surface area contributed by atoms with Gasteiger partial charge in [0, 0.05) is 31.1 Å². The number of rotatable bonds is 8. The Morgan fingerprint density at radius 3 is 2.47 bits per heavy atom. The van der Waals surface area contributed by atoms with Crippen LogP contribution in [0.2, 0.25) is 0 Å². The number of amides is 1. The summed E-state index contributed by atoms with van der Waals surface area (Å²) in [6.07, 6.45) is 1.07. The quantitative estimate of drug-likeness (QED) is 0.729. The van der Waals surface area contributed by atoms with Crippen LogP contribution in [0.25, 0.3) is 0 Å². The van der Waals surface area contributed by atoms with Crippen molar-refractivity contribution in [2.24, 2.45) is 0 Å². The second-order valence-corrected chi connectivity index (χ2v) is 6.03. The van der Waals surface area contributed by atoms with Gasteiger partial charge in [0.25, 0.3) is 0 Å². The molecule has 0 aromatic heterocycles. The maximum Gasteiger partial charge on any atom is 0.240 e. The van der Waals surface area contributed by atoms with Gasteiger partial charge in [-0.15, -0.1) is 0 Å². The molecule has 1 aliphatic heterocycles. The van der Waals surface area contributed by atoms with Crippen molar-refractivity contribution in [3.05, 3.63) is 0 Å². The van der Waals surface area contributed by atoms with Crippen molar-refractivity contribution in [3.63, 3.8) is 0 Å². The van der Waals surface area contributed by atoms with Gasteiger partial charge in [0.15, 0.2) is 0 Å². The fourth-order valence-electron chi connectivity index (χ4n) is 2.39. The van der Waals surface area contributed by atoms with Crippen molar-refractivity contribution in [1.29, 1.82) is 0 Å². The van der Waals surface area contributed by atoms with Crippen molar-refractivity contribution >= 4 is 17.7 Å². The highest BCUT2D eigenvalue weighted by Crippen LogP contribution is 2.10. The number of hydrogen-bond acceptors (Lipinski definition) is 4. The first-order valence-corrected chi connectivity index (χ1v) is 8.70. The second kappa shape index (κ2) is 9.61. The summed E-state index contributed by atoms with van der Waals surface area (Å²) < 4.78 is 0. The molecule has 1 amide bonds. The normalized spacial score (nSPS) is 19.7. The standard InChI is InChI=1S/C14H29N3OS/c1-4-16(5-2)9-7-10-17(6-3)14(18)13-12-19-11-8-15-13/h13,15H,4-12H2,1-3H3. The van der Waals surface area contributed by atoms with E-state index in [2.05, 4.69) is 31.0 Å². The van der Waals surface area contributed by atoms with Gasteiger partial charge in [0.05, 0.1) is 6.04 Å². The van der Waals surface area contributed by atoms with Crippen molar-refractivity contribution in [2.75, 3.05) is 50.8 Å². The average Bonchev–Trinajstić information content (AvgIpc) is 2.48. The number of nitrogens with zero attached hydrogens (tertiary/aromatic N) is 2. The minimum Gasteiger partial charge on any atom is -0.342 e. The molecule has 0 aromatic rings. The Morgan fingerprint density at radius 1 is 1.21 bits per heavy atom. The Labute approximate surface area is 122 Å². The van der Waals surface area contributed by atoms with E-state index < -0.39 is 0 Å². The van der Waals surface area contributed by atoms with Gasteiger partial charge in [0.1, 0.15) is 0 Å². The molecule has 0 bridgehead atoms. The first-order valence-electron chi connectivity index (χ1n) is 7.55. The van der Waals surface area contributed by atoms with Crippen LogP contribution in [0, 0.1) is 0 Å². The average molecular weight is 287 g/mol. The zero-order chi connectivity index (χ0) is 14.1. The maximum atomic E-state index is 12.4. The molecule has 1 atom stereocenters. The molecular formula is C14H29N3OS. The molecule has 0 aliphatic carbocycles. The summed E-state index contributed by atoms with van der Waals surface area (Å²) in [6.45, 7) is 12.4. The largest absolute Gasteiger partial charge is 0.342 e. The summed E-state index contributed by atoms with van der Waals surface area (Å²) in [5, 5.41) is 3.33. The molecule has 1 rings (SSSR count). The Balaban J connectivity index is 2.33. The summed E-state index contributed by atoms with van der Waals surface area (Å²) in [4.78, 5) is 16.8. The van der Waals surface area contributed by atoms with Crippen LogP contribution in [0.5, 0.6) is 0 Å².